The van der Waals surface area contributed by atoms with Gasteiger partial charge < -0.3 is 10.1 Å². The van der Waals surface area contributed by atoms with Gasteiger partial charge in [-0.3, -0.25) is 0 Å². The van der Waals surface area contributed by atoms with E-state index in [0.717, 1.165) is 17.9 Å². The highest BCUT2D eigenvalue weighted by atomic mass is 35.5. The van der Waals surface area contributed by atoms with Crippen LogP contribution in [-0.2, 0) is 0 Å². The maximum atomic E-state index is 6.18. The summed E-state index contributed by atoms with van der Waals surface area (Å²) in [6.45, 7) is 0. The molecule has 2 nitrogen and oxygen atoms in total. The fraction of sp³-hybridized carbons (Fsp3) is 0.250. The first-order valence-corrected chi connectivity index (χ1v) is 7.96. The van der Waals surface area contributed by atoms with Gasteiger partial charge in [0, 0.05) is 16.3 Å². The first kappa shape index (κ1) is 13.7. The molecule has 0 saturated heterocycles. The van der Waals surface area contributed by atoms with Crippen molar-refractivity contribution in [3.63, 3.8) is 0 Å². The molecule has 1 heterocycles. The Kier molecular flexibility index (Phi) is 4.08. The van der Waals surface area contributed by atoms with E-state index in [9.17, 15) is 0 Å². The van der Waals surface area contributed by atoms with Crippen LogP contribution in [0, 0.1) is 0 Å². The predicted octanol–water partition coefficient (Wildman–Crippen LogP) is 5.00. The van der Waals surface area contributed by atoms with Crippen LogP contribution < -0.4 is 10.1 Å². The lowest BCUT2D eigenvalue weighted by Crippen LogP contribution is -2.15. The Balaban J connectivity index is 1.84. The third-order valence-electron chi connectivity index (χ3n) is 3.45. The van der Waals surface area contributed by atoms with Crippen LogP contribution in [0.3, 0.4) is 0 Å². The number of hydrogen-bond donors (Lipinski definition) is 1. The van der Waals surface area contributed by atoms with Crippen molar-refractivity contribution < 1.29 is 4.74 Å². The van der Waals surface area contributed by atoms with E-state index in [0.29, 0.717) is 16.8 Å². The van der Waals surface area contributed by atoms with Gasteiger partial charge in [0.15, 0.2) is 0 Å². The Hall–Kier alpha value is -1.32. The molecular weight excluding hydrogens is 290 g/mol. The molecule has 0 spiro atoms. The van der Waals surface area contributed by atoms with Crippen LogP contribution in [0.4, 0.5) is 5.69 Å². The quantitative estimate of drug-likeness (QED) is 0.862. The van der Waals surface area contributed by atoms with Gasteiger partial charge in [-0.05, 0) is 36.2 Å². The summed E-state index contributed by atoms with van der Waals surface area (Å²) in [6.07, 6.45) is 1.12. The lowest BCUT2D eigenvalue weighted by Gasteiger charge is -2.27. The van der Waals surface area contributed by atoms with Crippen molar-refractivity contribution >= 4 is 29.1 Å². The number of benzene rings is 2. The monoisotopic (exact) mass is 305 g/mol. The lowest BCUT2D eigenvalue weighted by atomic mass is 10.0. The van der Waals surface area contributed by atoms with Gasteiger partial charge in [0.05, 0.1) is 18.2 Å². The van der Waals surface area contributed by atoms with E-state index in [-0.39, 0.29) is 0 Å². The Morgan fingerprint density at radius 3 is 2.90 bits per heavy atom. The van der Waals surface area contributed by atoms with Crippen LogP contribution >= 0.6 is 23.4 Å². The summed E-state index contributed by atoms with van der Waals surface area (Å²) in [7, 11) is 1.63. The smallest absolute Gasteiger partial charge is 0.137 e. The average Bonchev–Trinajstić information content (AvgIpc) is 2.48. The van der Waals surface area contributed by atoms with E-state index in [1.807, 2.05) is 30.0 Å². The van der Waals surface area contributed by atoms with Crippen LogP contribution in [0.5, 0.6) is 5.75 Å². The van der Waals surface area contributed by atoms with Crippen molar-refractivity contribution in [2.45, 2.75) is 17.4 Å². The van der Waals surface area contributed by atoms with Crippen LogP contribution in [0.1, 0.15) is 18.0 Å². The molecule has 0 fully saturated rings. The third kappa shape index (κ3) is 2.74. The number of nitrogens with one attached hydrogen (secondary N) is 1. The number of thioether (sulfide) groups is 1. The molecule has 0 bridgehead atoms. The molecule has 0 saturated carbocycles. The van der Waals surface area contributed by atoms with Crippen LogP contribution in [0.25, 0.3) is 0 Å². The van der Waals surface area contributed by atoms with Crippen molar-refractivity contribution in [2.75, 3.05) is 18.2 Å². The first-order valence-electron chi connectivity index (χ1n) is 6.60. The largest absolute Gasteiger partial charge is 0.495 e. The van der Waals surface area contributed by atoms with Crippen LogP contribution in [0.15, 0.2) is 47.4 Å². The van der Waals surface area contributed by atoms with E-state index >= 15 is 0 Å². The van der Waals surface area contributed by atoms with E-state index in [2.05, 4.69) is 29.6 Å². The molecule has 4 heteroatoms. The minimum Gasteiger partial charge on any atom is -0.495 e. The molecule has 1 aliphatic heterocycles. The van der Waals surface area contributed by atoms with Crippen LogP contribution in [0.2, 0.25) is 5.02 Å². The Bertz CT molecular complexity index is 617. The summed E-state index contributed by atoms with van der Waals surface area (Å²) in [4.78, 5) is 1.37. The normalized spacial score (nSPS) is 17.4. The highest BCUT2D eigenvalue weighted by Gasteiger charge is 2.20. The molecule has 20 heavy (non-hydrogen) atoms. The number of methoxy groups -OCH3 is 1. The van der Waals surface area contributed by atoms with Crippen molar-refractivity contribution in [3.8, 4) is 5.75 Å². The van der Waals surface area contributed by atoms with Gasteiger partial charge in [0.2, 0.25) is 0 Å². The molecular formula is C16H16ClNOS. The first-order chi connectivity index (χ1) is 9.78. The van der Waals surface area contributed by atoms with Gasteiger partial charge in [-0.1, -0.05) is 29.8 Å². The van der Waals surface area contributed by atoms with Gasteiger partial charge in [-0.2, -0.15) is 0 Å². The highest BCUT2D eigenvalue weighted by molar-refractivity contribution is 7.99. The number of hydrogen-bond acceptors (Lipinski definition) is 3. The second-order valence-corrected chi connectivity index (χ2v) is 6.27. The molecule has 1 atom stereocenters. The molecule has 0 amide bonds. The fourth-order valence-electron chi connectivity index (χ4n) is 2.45. The molecule has 104 valence electrons. The predicted molar refractivity (Wildman–Crippen MR) is 86.2 cm³/mol. The Labute approximate surface area is 128 Å². The van der Waals surface area contributed by atoms with Gasteiger partial charge in [0.25, 0.3) is 0 Å². The average molecular weight is 306 g/mol. The summed E-state index contributed by atoms with van der Waals surface area (Å²) in [5, 5.41) is 4.21. The van der Waals surface area contributed by atoms with Crippen molar-refractivity contribution in [1.29, 1.82) is 0 Å². The highest BCUT2D eigenvalue weighted by Crippen LogP contribution is 2.38. The molecule has 2 aromatic carbocycles. The second-order valence-electron chi connectivity index (χ2n) is 4.72. The maximum absolute atomic E-state index is 6.18. The van der Waals surface area contributed by atoms with Crippen molar-refractivity contribution in [2.24, 2.45) is 0 Å². The lowest BCUT2D eigenvalue weighted by molar-refractivity contribution is 0.415. The second kappa shape index (κ2) is 5.98. The number of halogens is 1. The standard InChI is InChI=1S/C16H16ClNOS/c1-19-15-7-6-11(10-13(15)17)18-14-8-9-20-16-5-3-2-4-12(14)16/h2-7,10,14,18H,8-9H2,1H3. The van der Waals surface area contributed by atoms with Crippen molar-refractivity contribution in [3.05, 3.63) is 53.1 Å². The molecule has 1 unspecified atom stereocenters. The van der Waals surface area contributed by atoms with E-state index in [1.54, 1.807) is 7.11 Å². The Morgan fingerprint density at radius 1 is 1.25 bits per heavy atom. The summed E-state index contributed by atoms with van der Waals surface area (Å²) in [5.41, 5.74) is 2.40. The maximum Gasteiger partial charge on any atom is 0.137 e. The molecule has 1 N–H and O–H groups in total. The molecule has 2 aromatic rings. The summed E-state index contributed by atoms with van der Waals surface area (Å²) in [6, 6.07) is 14.8. The van der Waals surface area contributed by atoms with Gasteiger partial charge in [-0.15, -0.1) is 11.8 Å². The summed E-state index contributed by atoms with van der Waals surface area (Å²) >= 11 is 8.10. The van der Waals surface area contributed by atoms with Gasteiger partial charge in [0.1, 0.15) is 5.75 Å². The van der Waals surface area contributed by atoms with Crippen molar-refractivity contribution in [1.82, 2.24) is 0 Å². The van der Waals surface area contributed by atoms with E-state index in [1.165, 1.54) is 10.5 Å². The van der Waals surface area contributed by atoms with Gasteiger partial charge >= 0.3 is 0 Å². The number of rotatable bonds is 3. The number of fused-ring (bicyclic) bond motifs is 1. The number of ether oxygens (including phenoxy) is 1. The zero-order valence-corrected chi connectivity index (χ0v) is 12.8. The van der Waals surface area contributed by atoms with E-state index in [4.69, 9.17) is 16.3 Å². The Morgan fingerprint density at radius 2 is 2.10 bits per heavy atom. The zero-order valence-electron chi connectivity index (χ0n) is 11.2. The summed E-state index contributed by atoms with van der Waals surface area (Å²) < 4.78 is 5.18. The zero-order chi connectivity index (χ0) is 13.9. The van der Waals surface area contributed by atoms with E-state index < -0.39 is 0 Å². The minimum absolute atomic E-state index is 0.344. The van der Waals surface area contributed by atoms with Crippen LogP contribution in [-0.4, -0.2) is 12.9 Å². The molecule has 0 aliphatic carbocycles. The summed E-state index contributed by atoms with van der Waals surface area (Å²) in [5.74, 6) is 1.84. The molecule has 0 aromatic heterocycles. The molecule has 1 aliphatic rings. The minimum atomic E-state index is 0.344. The molecule has 0 radical (unpaired) electrons. The van der Waals surface area contributed by atoms with Gasteiger partial charge in [-0.25, -0.2) is 0 Å². The number of anilines is 1. The SMILES string of the molecule is COc1ccc(NC2CCSc3ccccc32)cc1Cl. The topological polar surface area (TPSA) is 21.3 Å². The molecule has 3 rings (SSSR count). The fourth-order valence-corrected chi connectivity index (χ4v) is 3.83. The third-order valence-corrected chi connectivity index (χ3v) is 4.87.